The monoisotopic (exact) mass is 271 g/mol. The van der Waals surface area contributed by atoms with E-state index < -0.39 is 0 Å². The summed E-state index contributed by atoms with van der Waals surface area (Å²) < 4.78 is 0. The molecule has 106 valence electrons. The largest absolute Gasteiger partial charge is 0.335 e. The molecule has 0 heterocycles. The van der Waals surface area contributed by atoms with Crippen LogP contribution in [0.5, 0.6) is 0 Å². The number of anilines is 1. The van der Waals surface area contributed by atoms with E-state index in [-0.39, 0.29) is 6.03 Å². The fraction of sp³-hybridized carbons (Fsp3) is 0.438. The van der Waals surface area contributed by atoms with Gasteiger partial charge in [0.15, 0.2) is 0 Å². The molecule has 1 aliphatic rings. The van der Waals surface area contributed by atoms with Gasteiger partial charge in [0.1, 0.15) is 0 Å². The minimum Gasteiger partial charge on any atom is -0.335 e. The smallest absolute Gasteiger partial charge is 0.319 e. The molecule has 0 saturated heterocycles. The van der Waals surface area contributed by atoms with Crippen molar-refractivity contribution in [2.45, 2.75) is 38.1 Å². The number of amides is 2. The van der Waals surface area contributed by atoms with Gasteiger partial charge in [0.25, 0.3) is 0 Å². The fourth-order valence-corrected chi connectivity index (χ4v) is 2.43. The molecule has 20 heavy (non-hydrogen) atoms. The van der Waals surface area contributed by atoms with Gasteiger partial charge in [-0.05, 0) is 31.0 Å². The molecular formula is C16H21N3O. The van der Waals surface area contributed by atoms with Crippen molar-refractivity contribution in [2.75, 3.05) is 11.9 Å². The molecule has 0 unspecified atom stereocenters. The van der Waals surface area contributed by atoms with Crippen LogP contribution in [0.4, 0.5) is 10.5 Å². The van der Waals surface area contributed by atoms with E-state index in [1.54, 1.807) is 0 Å². The molecule has 1 fully saturated rings. The summed E-state index contributed by atoms with van der Waals surface area (Å²) in [7, 11) is 0. The molecule has 1 aliphatic carbocycles. The highest BCUT2D eigenvalue weighted by Crippen LogP contribution is 2.17. The first kappa shape index (κ1) is 14.4. The molecule has 1 saturated carbocycles. The highest BCUT2D eigenvalue weighted by molar-refractivity contribution is 5.89. The topological polar surface area (TPSA) is 67.1 Å². The van der Waals surface area contributed by atoms with Crippen molar-refractivity contribution < 1.29 is 4.79 Å². The number of hydrogen-bond donors (Lipinski definition) is 3. The number of nitrogens with one attached hydrogen (secondary N) is 2. The van der Waals surface area contributed by atoms with Crippen LogP contribution in [0.1, 0.15) is 37.7 Å². The zero-order chi connectivity index (χ0) is 14.2. The first-order chi connectivity index (χ1) is 9.78. The first-order valence-corrected chi connectivity index (χ1v) is 7.14. The Morgan fingerprint density at radius 2 is 2.10 bits per heavy atom. The maximum absolute atomic E-state index is 11.9. The second-order valence-electron chi connectivity index (χ2n) is 5.02. The highest BCUT2D eigenvalue weighted by atomic mass is 16.2. The van der Waals surface area contributed by atoms with Crippen molar-refractivity contribution in [1.29, 1.82) is 0 Å². The molecule has 0 aliphatic heterocycles. The second kappa shape index (κ2) is 7.56. The van der Waals surface area contributed by atoms with Gasteiger partial charge in [-0.1, -0.05) is 37.2 Å². The summed E-state index contributed by atoms with van der Waals surface area (Å²) in [6, 6.07) is 7.64. The lowest BCUT2D eigenvalue weighted by atomic mass is 9.96. The van der Waals surface area contributed by atoms with Crippen molar-refractivity contribution in [2.24, 2.45) is 5.73 Å². The van der Waals surface area contributed by atoms with E-state index in [1.165, 1.54) is 19.3 Å². The molecule has 0 radical (unpaired) electrons. The van der Waals surface area contributed by atoms with Gasteiger partial charge in [0, 0.05) is 17.3 Å². The van der Waals surface area contributed by atoms with Crippen LogP contribution in [0.3, 0.4) is 0 Å². The summed E-state index contributed by atoms with van der Waals surface area (Å²) in [4.78, 5) is 11.9. The molecule has 0 spiro atoms. The zero-order valence-corrected chi connectivity index (χ0v) is 11.6. The van der Waals surface area contributed by atoms with Gasteiger partial charge in [-0.2, -0.15) is 0 Å². The van der Waals surface area contributed by atoms with E-state index in [9.17, 15) is 4.79 Å². The molecule has 0 bridgehead atoms. The molecule has 0 aromatic heterocycles. The number of carbonyl (C=O) groups excluding carboxylic acids is 1. The Morgan fingerprint density at radius 3 is 2.85 bits per heavy atom. The molecule has 2 amide bonds. The van der Waals surface area contributed by atoms with Crippen LogP contribution in [0.15, 0.2) is 24.3 Å². The summed E-state index contributed by atoms with van der Waals surface area (Å²) in [5, 5.41) is 5.88. The third-order valence-corrected chi connectivity index (χ3v) is 3.40. The summed E-state index contributed by atoms with van der Waals surface area (Å²) in [6.45, 7) is 0.333. The number of carbonyl (C=O) groups is 1. The Bertz CT molecular complexity index is 510. The normalized spacial score (nSPS) is 15.1. The van der Waals surface area contributed by atoms with E-state index in [0.717, 1.165) is 24.1 Å². The van der Waals surface area contributed by atoms with E-state index in [1.807, 2.05) is 24.3 Å². The van der Waals surface area contributed by atoms with Gasteiger partial charge in [0.05, 0.1) is 6.54 Å². The second-order valence-corrected chi connectivity index (χ2v) is 5.02. The lowest BCUT2D eigenvalue weighted by Crippen LogP contribution is -2.39. The Hall–Kier alpha value is -1.99. The number of urea groups is 1. The van der Waals surface area contributed by atoms with Gasteiger partial charge in [-0.3, -0.25) is 0 Å². The zero-order valence-electron chi connectivity index (χ0n) is 11.6. The van der Waals surface area contributed by atoms with E-state index in [4.69, 9.17) is 5.73 Å². The molecule has 1 aromatic carbocycles. The summed E-state index contributed by atoms with van der Waals surface area (Å²) in [5.74, 6) is 5.75. The predicted molar refractivity (Wildman–Crippen MR) is 81.4 cm³/mol. The van der Waals surface area contributed by atoms with E-state index >= 15 is 0 Å². The quantitative estimate of drug-likeness (QED) is 0.723. The molecule has 4 N–H and O–H groups in total. The molecule has 4 nitrogen and oxygen atoms in total. The molecule has 0 atom stereocenters. The van der Waals surface area contributed by atoms with Crippen LogP contribution in [0, 0.1) is 11.8 Å². The molecule has 4 heteroatoms. The summed E-state index contributed by atoms with van der Waals surface area (Å²) in [6.07, 6.45) is 5.84. The fourth-order valence-electron chi connectivity index (χ4n) is 2.43. The maximum atomic E-state index is 11.9. The maximum Gasteiger partial charge on any atom is 0.319 e. The van der Waals surface area contributed by atoms with Crippen molar-refractivity contribution >= 4 is 11.7 Å². The minimum atomic E-state index is -0.138. The number of benzene rings is 1. The Labute approximate surface area is 120 Å². The molecule has 1 aromatic rings. The van der Waals surface area contributed by atoms with Crippen LogP contribution in [-0.2, 0) is 0 Å². The van der Waals surface area contributed by atoms with Crippen LogP contribution in [0.25, 0.3) is 0 Å². The Balaban J connectivity index is 1.90. The van der Waals surface area contributed by atoms with Gasteiger partial charge < -0.3 is 16.4 Å². The lowest BCUT2D eigenvalue weighted by molar-refractivity contribution is 0.244. The minimum absolute atomic E-state index is 0.138. The SMILES string of the molecule is NCC#Cc1cccc(NC(=O)NC2CCCCC2)c1. The summed E-state index contributed by atoms with van der Waals surface area (Å²) in [5.41, 5.74) is 6.95. The third kappa shape index (κ3) is 4.60. The molecule has 2 rings (SSSR count). The average Bonchev–Trinajstić information content (AvgIpc) is 2.46. The Kier molecular flexibility index (Phi) is 5.45. The van der Waals surface area contributed by atoms with Crippen LogP contribution < -0.4 is 16.4 Å². The number of nitrogens with two attached hydrogens (primary N) is 1. The van der Waals surface area contributed by atoms with Crippen LogP contribution >= 0.6 is 0 Å². The standard InChI is InChI=1S/C16H21N3O/c17-11-5-7-13-6-4-10-15(12-13)19-16(20)18-14-8-2-1-3-9-14/h4,6,10,12,14H,1-3,8-9,11,17H2,(H2,18,19,20). The van der Waals surface area contributed by atoms with Crippen molar-refractivity contribution in [3.05, 3.63) is 29.8 Å². The van der Waals surface area contributed by atoms with Gasteiger partial charge in [-0.25, -0.2) is 4.79 Å². The van der Waals surface area contributed by atoms with Gasteiger partial charge >= 0.3 is 6.03 Å². The van der Waals surface area contributed by atoms with Gasteiger partial charge in [-0.15, -0.1) is 0 Å². The van der Waals surface area contributed by atoms with Crippen molar-refractivity contribution in [3.63, 3.8) is 0 Å². The van der Waals surface area contributed by atoms with E-state index in [0.29, 0.717) is 12.6 Å². The van der Waals surface area contributed by atoms with Crippen molar-refractivity contribution in [3.8, 4) is 11.8 Å². The van der Waals surface area contributed by atoms with Crippen LogP contribution in [-0.4, -0.2) is 18.6 Å². The van der Waals surface area contributed by atoms with Gasteiger partial charge in [0.2, 0.25) is 0 Å². The number of rotatable bonds is 2. The first-order valence-electron chi connectivity index (χ1n) is 7.14. The lowest BCUT2D eigenvalue weighted by Gasteiger charge is -2.22. The van der Waals surface area contributed by atoms with E-state index in [2.05, 4.69) is 22.5 Å². The number of hydrogen-bond acceptors (Lipinski definition) is 2. The van der Waals surface area contributed by atoms with Crippen LogP contribution in [0.2, 0.25) is 0 Å². The summed E-state index contributed by atoms with van der Waals surface area (Å²) >= 11 is 0. The third-order valence-electron chi connectivity index (χ3n) is 3.40. The Morgan fingerprint density at radius 1 is 1.30 bits per heavy atom. The molecular weight excluding hydrogens is 250 g/mol. The highest BCUT2D eigenvalue weighted by Gasteiger charge is 2.15. The predicted octanol–water partition coefficient (Wildman–Crippen LogP) is 2.45. The average molecular weight is 271 g/mol. The van der Waals surface area contributed by atoms with Crippen molar-refractivity contribution in [1.82, 2.24) is 5.32 Å².